The van der Waals surface area contributed by atoms with Gasteiger partial charge in [-0.05, 0) is 30.7 Å². The number of ether oxygens (including phenoxy) is 1. The van der Waals surface area contributed by atoms with E-state index in [0.717, 1.165) is 42.5 Å². The smallest absolute Gasteiger partial charge is 0.123 e. The summed E-state index contributed by atoms with van der Waals surface area (Å²) in [6.45, 7) is 3.82. The fourth-order valence-electron chi connectivity index (χ4n) is 2.07. The maximum absolute atomic E-state index is 5.98. The normalized spacial score (nSPS) is 17.2. The molecular weight excluding hydrogens is 224 g/mol. The lowest BCUT2D eigenvalue weighted by atomic mass is 9.99. The summed E-state index contributed by atoms with van der Waals surface area (Å²) in [5.74, 6) is 1.56. The van der Waals surface area contributed by atoms with Gasteiger partial charge in [-0.15, -0.1) is 0 Å². The molecule has 88 valence electrons. The molecule has 1 aromatic carbocycles. The number of benzene rings is 1. The van der Waals surface area contributed by atoms with Crippen LogP contribution < -0.4 is 10.5 Å². The fraction of sp³-hybridized carbons (Fsp3) is 0.500. The van der Waals surface area contributed by atoms with Crippen molar-refractivity contribution in [1.82, 2.24) is 4.90 Å². The highest BCUT2D eigenvalue weighted by atomic mass is 35.5. The first-order valence-electron chi connectivity index (χ1n) is 5.47. The molecule has 1 aliphatic rings. The van der Waals surface area contributed by atoms with Crippen LogP contribution in [0.15, 0.2) is 18.2 Å². The molecule has 0 amide bonds. The van der Waals surface area contributed by atoms with Crippen LogP contribution in [0.25, 0.3) is 0 Å². The Morgan fingerprint density at radius 1 is 1.50 bits per heavy atom. The van der Waals surface area contributed by atoms with Crippen LogP contribution in [0.4, 0.5) is 0 Å². The van der Waals surface area contributed by atoms with E-state index < -0.39 is 0 Å². The molecule has 0 radical (unpaired) electrons. The molecule has 0 bridgehead atoms. The van der Waals surface area contributed by atoms with Crippen LogP contribution in [0.5, 0.6) is 5.75 Å². The van der Waals surface area contributed by atoms with Gasteiger partial charge in [0.1, 0.15) is 5.75 Å². The van der Waals surface area contributed by atoms with Crippen molar-refractivity contribution < 1.29 is 4.74 Å². The molecule has 16 heavy (non-hydrogen) atoms. The Bertz CT molecular complexity index is 364. The molecule has 1 fully saturated rings. The van der Waals surface area contributed by atoms with Crippen LogP contribution >= 0.6 is 11.6 Å². The highest BCUT2D eigenvalue weighted by molar-refractivity contribution is 6.30. The van der Waals surface area contributed by atoms with Gasteiger partial charge in [0, 0.05) is 30.2 Å². The van der Waals surface area contributed by atoms with Gasteiger partial charge in [0.15, 0.2) is 0 Å². The average Bonchev–Trinajstić information content (AvgIpc) is 2.23. The third-order valence-electron chi connectivity index (χ3n) is 3.00. The molecule has 0 unspecified atom stereocenters. The van der Waals surface area contributed by atoms with Crippen LogP contribution in [0.1, 0.15) is 5.56 Å². The largest absolute Gasteiger partial charge is 0.496 e. The second kappa shape index (κ2) is 5.04. The lowest BCUT2D eigenvalue weighted by molar-refractivity contribution is 0.0969. The number of halogens is 1. The Morgan fingerprint density at radius 2 is 2.25 bits per heavy atom. The molecule has 0 atom stereocenters. The van der Waals surface area contributed by atoms with Gasteiger partial charge in [-0.3, -0.25) is 4.90 Å². The molecule has 3 nitrogen and oxygen atoms in total. The van der Waals surface area contributed by atoms with Crippen LogP contribution in [-0.2, 0) is 6.54 Å². The van der Waals surface area contributed by atoms with Crippen molar-refractivity contribution in [1.29, 1.82) is 0 Å². The topological polar surface area (TPSA) is 38.5 Å². The van der Waals surface area contributed by atoms with E-state index in [2.05, 4.69) is 4.90 Å². The number of nitrogens with zero attached hydrogens (tertiary/aromatic N) is 1. The van der Waals surface area contributed by atoms with Gasteiger partial charge in [0.05, 0.1) is 7.11 Å². The van der Waals surface area contributed by atoms with Crippen molar-refractivity contribution in [3.8, 4) is 5.75 Å². The number of hydrogen-bond acceptors (Lipinski definition) is 3. The van der Waals surface area contributed by atoms with Crippen molar-refractivity contribution in [2.45, 2.75) is 6.54 Å². The Kier molecular flexibility index (Phi) is 3.69. The first kappa shape index (κ1) is 11.7. The van der Waals surface area contributed by atoms with Crippen molar-refractivity contribution in [2.24, 2.45) is 11.7 Å². The molecule has 2 N–H and O–H groups in total. The third-order valence-corrected chi connectivity index (χ3v) is 3.24. The summed E-state index contributed by atoms with van der Waals surface area (Å²) in [4.78, 5) is 2.35. The van der Waals surface area contributed by atoms with Crippen molar-refractivity contribution in [3.63, 3.8) is 0 Å². The number of rotatable bonds is 4. The molecule has 1 saturated heterocycles. The summed E-state index contributed by atoms with van der Waals surface area (Å²) in [5, 5.41) is 0.756. The van der Waals surface area contributed by atoms with Gasteiger partial charge in [0.25, 0.3) is 0 Å². The summed E-state index contributed by atoms with van der Waals surface area (Å²) >= 11 is 5.98. The molecule has 0 spiro atoms. The molecule has 4 heteroatoms. The average molecular weight is 241 g/mol. The van der Waals surface area contributed by atoms with E-state index >= 15 is 0 Å². The SMILES string of the molecule is COc1ccc(Cl)cc1CN1CC(CN)C1. The predicted molar refractivity (Wildman–Crippen MR) is 65.8 cm³/mol. The fourth-order valence-corrected chi connectivity index (χ4v) is 2.26. The van der Waals surface area contributed by atoms with Gasteiger partial charge < -0.3 is 10.5 Å². The summed E-state index contributed by atoms with van der Waals surface area (Å²) in [5.41, 5.74) is 6.74. The Hall–Kier alpha value is -0.770. The molecule has 0 aromatic heterocycles. The number of likely N-dealkylation sites (tertiary alicyclic amines) is 1. The standard InChI is InChI=1S/C12H17ClN2O/c1-16-12-3-2-11(13)4-10(12)8-15-6-9(5-14)7-15/h2-4,9H,5-8,14H2,1H3. The van der Waals surface area contributed by atoms with E-state index in [1.165, 1.54) is 0 Å². The molecule has 1 aromatic rings. The van der Waals surface area contributed by atoms with Crippen LogP contribution in [0.2, 0.25) is 5.02 Å². The van der Waals surface area contributed by atoms with E-state index in [0.29, 0.717) is 5.92 Å². The lowest BCUT2D eigenvalue weighted by Crippen LogP contribution is -2.49. The first-order chi connectivity index (χ1) is 7.72. The summed E-state index contributed by atoms with van der Waals surface area (Å²) in [6.07, 6.45) is 0. The minimum atomic E-state index is 0.658. The molecule has 2 rings (SSSR count). The van der Waals surface area contributed by atoms with E-state index in [9.17, 15) is 0 Å². The number of methoxy groups -OCH3 is 1. The Morgan fingerprint density at radius 3 is 2.88 bits per heavy atom. The zero-order chi connectivity index (χ0) is 11.5. The maximum Gasteiger partial charge on any atom is 0.123 e. The minimum Gasteiger partial charge on any atom is -0.496 e. The van der Waals surface area contributed by atoms with Crippen molar-refractivity contribution in [2.75, 3.05) is 26.7 Å². The summed E-state index contributed by atoms with van der Waals surface area (Å²) in [7, 11) is 1.69. The van der Waals surface area contributed by atoms with E-state index in [-0.39, 0.29) is 0 Å². The molecule has 0 aliphatic carbocycles. The van der Waals surface area contributed by atoms with Gasteiger partial charge in [-0.1, -0.05) is 11.6 Å². The van der Waals surface area contributed by atoms with E-state index in [1.54, 1.807) is 7.11 Å². The second-order valence-electron chi connectivity index (χ2n) is 4.25. The predicted octanol–water partition coefficient (Wildman–Crippen LogP) is 1.74. The first-order valence-corrected chi connectivity index (χ1v) is 5.85. The molecule has 0 saturated carbocycles. The highest BCUT2D eigenvalue weighted by Crippen LogP contribution is 2.26. The zero-order valence-electron chi connectivity index (χ0n) is 9.45. The molecular formula is C12H17ClN2O. The van der Waals surface area contributed by atoms with Crippen LogP contribution in [-0.4, -0.2) is 31.6 Å². The highest BCUT2D eigenvalue weighted by Gasteiger charge is 2.25. The Labute approximate surface area is 101 Å². The quantitative estimate of drug-likeness (QED) is 0.871. The third kappa shape index (κ3) is 2.48. The van der Waals surface area contributed by atoms with Gasteiger partial charge in [0.2, 0.25) is 0 Å². The molecule has 1 aliphatic heterocycles. The lowest BCUT2D eigenvalue weighted by Gasteiger charge is -2.38. The van der Waals surface area contributed by atoms with E-state index in [4.69, 9.17) is 22.1 Å². The van der Waals surface area contributed by atoms with Crippen molar-refractivity contribution in [3.05, 3.63) is 28.8 Å². The van der Waals surface area contributed by atoms with Gasteiger partial charge in [-0.25, -0.2) is 0 Å². The number of hydrogen-bond donors (Lipinski definition) is 1. The summed E-state index contributed by atoms with van der Waals surface area (Å²) < 4.78 is 5.31. The maximum atomic E-state index is 5.98. The van der Waals surface area contributed by atoms with Gasteiger partial charge >= 0.3 is 0 Å². The minimum absolute atomic E-state index is 0.658. The second-order valence-corrected chi connectivity index (χ2v) is 4.69. The van der Waals surface area contributed by atoms with Crippen molar-refractivity contribution >= 4 is 11.6 Å². The number of nitrogens with two attached hydrogens (primary N) is 1. The molecule has 1 heterocycles. The summed E-state index contributed by atoms with van der Waals surface area (Å²) in [6, 6.07) is 5.73. The monoisotopic (exact) mass is 240 g/mol. The van der Waals surface area contributed by atoms with E-state index in [1.807, 2.05) is 18.2 Å². The van der Waals surface area contributed by atoms with Gasteiger partial charge in [-0.2, -0.15) is 0 Å². The van der Waals surface area contributed by atoms with Crippen LogP contribution in [0.3, 0.4) is 0 Å². The zero-order valence-corrected chi connectivity index (χ0v) is 10.2. The Balaban J connectivity index is 2.01. The van der Waals surface area contributed by atoms with Crippen LogP contribution in [0, 0.1) is 5.92 Å².